The normalized spacial score (nSPS) is 9.93. The summed E-state index contributed by atoms with van der Waals surface area (Å²) in [5.41, 5.74) is 1.51. The number of nitrogens with zero attached hydrogens (tertiary/aromatic N) is 1. The van der Waals surface area contributed by atoms with Gasteiger partial charge in [0.25, 0.3) is 0 Å². The summed E-state index contributed by atoms with van der Waals surface area (Å²) in [6.45, 7) is 3.98. The molecule has 1 aromatic rings. The monoisotopic (exact) mass is 213 g/mol. The van der Waals surface area contributed by atoms with Crippen molar-refractivity contribution in [1.82, 2.24) is 4.98 Å². The fourth-order valence-corrected chi connectivity index (χ4v) is 1.39. The molecule has 1 aromatic heterocycles. The largest absolute Gasteiger partial charge is 0.466 e. The van der Waals surface area contributed by atoms with Crippen LogP contribution in [-0.4, -0.2) is 17.6 Å². The van der Waals surface area contributed by atoms with Crippen molar-refractivity contribution in [3.05, 3.63) is 28.5 Å². The topological polar surface area (TPSA) is 39.2 Å². The molecule has 14 heavy (non-hydrogen) atoms. The maximum atomic E-state index is 11.2. The number of ether oxygens (including phenoxy) is 1. The molecule has 0 saturated heterocycles. The molecule has 0 saturated carbocycles. The summed E-state index contributed by atoms with van der Waals surface area (Å²) in [5.74, 6) is -0.273. The van der Waals surface area contributed by atoms with Gasteiger partial charge in [-0.1, -0.05) is 11.6 Å². The van der Waals surface area contributed by atoms with Crippen LogP contribution in [0, 0.1) is 6.92 Å². The minimum Gasteiger partial charge on any atom is -0.466 e. The number of aromatic nitrogens is 1. The van der Waals surface area contributed by atoms with E-state index in [2.05, 4.69) is 4.98 Å². The van der Waals surface area contributed by atoms with E-state index in [0.29, 0.717) is 11.6 Å². The number of esters is 1. The molecule has 76 valence electrons. The molecule has 0 atom stereocenters. The standard InChI is InChI=1S/C10H12ClNO2/c1-3-14-10(13)6-8-7(2)12-5-4-9(8)11/h4-5H,3,6H2,1-2H3. The van der Waals surface area contributed by atoms with Crippen LogP contribution in [0.15, 0.2) is 12.3 Å². The first-order valence-corrected chi connectivity index (χ1v) is 4.78. The second-order valence-electron chi connectivity index (χ2n) is 2.84. The molecule has 0 radical (unpaired) electrons. The van der Waals surface area contributed by atoms with Gasteiger partial charge in [0, 0.05) is 22.5 Å². The third-order valence-corrected chi connectivity index (χ3v) is 2.19. The summed E-state index contributed by atoms with van der Waals surface area (Å²) in [6, 6.07) is 1.67. The van der Waals surface area contributed by atoms with E-state index in [4.69, 9.17) is 16.3 Å². The molecule has 0 N–H and O–H groups in total. The summed E-state index contributed by atoms with van der Waals surface area (Å²) in [6.07, 6.45) is 1.80. The highest BCUT2D eigenvalue weighted by atomic mass is 35.5. The molecule has 0 fully saturated rings. The Balaban J connectivity index is 2.80. The Labute approximate surface area is 88.1 Å². The van der Waals surface area contributed by atoms with Crippen molar-refractivity contribution < 1.29 is 9.53 Å². The third kappa shape index (κ3) is 2.70. The van der Waals surface area contributed by atoms with Gasteiger partial charge in [0.05, 0.1) is 13.0 Å². The first kappa shape index (κ1) is 11.0. The lowest BCUT2D eigenvalue weighted by molar-refractivity contribution is -0.142. The van der Waals surface area contributed by atoms with Gasteiger partial charge < -0.3 is 4.74 Å². The Morgan fingerprint density at radius 3 is 2.93 bits per heavy atom. The van der Waals surface area contributed by atoms with E-state index in [9.17, 15) is 4.79 Å². The summed E-state index contributed by atoms with van der Waals surface area (Å²) in [5, 5.41) is 0.561. The highest BCUT2D eigenvalue weighted by Crippen LogP contribution is 2.18. The van der Waals surface area contributed by atoms with Crippen LogP contribution >= 0.6 is 11.6 Å². The van der Waals surface area contributed by atoms with Gasteiger partial charge in [0.1, 0.15) is 0 Å². The van der Waals surface area contributed by atoms with Crippen LogP contribution in [0.4, 0.5) is 0 Å². The first-order valence-electron chi connectivity index (χ1n) is 4.40. The Kier molecular flexibility index (Phi) is 3.89. The zero-order chi connectivity index (χ0) is 10.6. The first-order chi connectivity index (χ1) is 6.65. The van der Waals surface area contributed by atoms with Gasteiger partial charge in [-0.05, 0) is 19.9 Å². The molecule has 0 aromatic carbocycles. The SMILES string of the molecule is CCOC(=O)Cc1c(Cl)ccnc1C. The highest BCUT2D eigenvalue weighted by Gasteiger charge is 2.10. The van der Waals surface area contributed by atoms with Crippen molar-refractivity contribution in [2.45, 2.75) is 20.3 Å². The second-order valence-corrected chi connectivity index (χ2v) is 3.25. The summed E-state index contributed by atoms with van der Waals surface area (Å²) in [4.78, 5) is 15.3. The van der Waals surface area contributed by atoms with Crippen molar-refractivity contribution in [3.8, 4) is 0 Å². The van der Waals surface area contributed by atoms with E-state index < -0.39 is 0 Å². The number of pyridine rings is 1. The van der Waals surface area contributed by atoms with Crippen LogP contribution in [0.1, 0.15) is 18.2 Å². The predicted molar refractivity (Wildman–Crippen MR) is 54.3 cm³/mol. The van der Waals surface area contributed by atoms with E-state index >= 15 is 0 Å². The van der Waals surface area contributed by atoms with E-state index in [0.717, 1.165) is 11.3 Å². The van der Waals surface area contributed by atoms with E-state index in [-0.39, 0.29) is 12.4 Å². The smallest absolute Gasteiger partial charge is 0.310 e. The molecule has 1 rings (SSSR count). The van der Waals surface area contributed by atoms with Crippen molar-refractivity contribution in [2.24, 2.45) is 0 Å². The van der Waals surface area contributed by atoms with Gasteiger partial charge in [0.2, 0.25) is 0 Å². The lowest BCUT2D eigenvalue weighted by Gasteiger charge is -2.06. The van der Waals surface area contributed by atoms with E-state index in [1.807, 2.05) is 6.92 Å². The number of rotatable bonds is 3. The highest BCUT2D eigenvalue weighted by molar-refractivity contribution is 6.31. The fraction of sp³-hybridized carbons (Fsp3) is 0.400. The molecule has 3 nitrogen and oxygen atoms in total. The molecule has 0 unspecified atom stereocenters. The Morgan fingerprint density at radius 1 is 1.64 bits per heavy atom. The van der Waals surface area contributed by atoms with Gasteiger partial charge in [-0.25, -0.2) is 0 Å². The molecule has 0 bridgehead atoms. The Hall–Kier alpha value is -1.09. The number of hydrogen-bond acceptors (Lipinski definition) is 3. The quantitative estimate of drug-likeness (QED) is 0.723. The number of carbonyl (C=O) groups excluding carboxylic acids is 1. The van der Waals surface area contributed by atoms with Crippen LogP contribution in [0.2, 0.25) is 5.02 Å². The van der Waals surface area contributed by atoms with Gasteiger partial charge in [-0.15, -0.1) is 0 Å². The van der Waals surface area contributed by atoms with Gasteiger partial charge in [-0.3, -0.25) is 9.78 Å². The number of aryl methyl sites for hydroxylation is 1. The molecule has 0 aliphatic carbocycles. The molecule has 0 aliphatic heterocycles. The average Bonchev–Trinajstić information content (AvgIpc) is 2.12. The van der Waals surface area contributed by atoms with Crippen LogP contribution < -0.4 is 0 Å². The van der Waals surface area contributed by atoms with E-state index in [1.165, 1.54) is 0 Å². The molecular weight excluding hydrogens is 202 g/mol. The minimum atomic E-state index is -0.273. The molecular formula is C10H12ClNO2. The van der Waals surface area contributed by atoms with Gasteiger partial charge in [0.15, 0.2) is 0 Å². The maximum absolute atomic E-state index is 11.2. The van der Waals surface area contributed by atoms with Crippen molar-refractivity contribution in [3.63, 3.8) is 0 Å². The van der Waals surface area contributed by atoms with Gasteiger partial charge in [-0.2, -0.15) is 0 Å². The average molecular weight is 214 g/mol. The Morgan fingerprint density at radius 2 is 2.36 bits per heavy atom. The second kappa shape index (κ2) is 4.96. The van der Waals surface area contributed by atoms with Crippen LogP contribution in [0.3, 0.4) is 0 Å². The van der Waals surface area contributed by atoms with Crippen molar-refractivity contribution >= 4 is 17.6 Å². The number of carbonyl (C=O) groups is 1. The molecule has 1 heterocycles. The summed E-state index contributed by atoms with van der Waals surface area (Å²) in [7, 11) is 0. The number of hydrogen-bond donors (Lipinski definition) is 0. The lowest BCUT2D eigenvalue weighted by Crippen LogP contribution is -2.09. The van der Waals surface area contributed by atoms with Crippen molar-refractivity contribution in [1.29, 1.82) is 0 Å². The number of halogens is 1. The zero-order valence-corrected chi connectivity index (χ0v) is 8.97. The van der Waals surface area contributed by atoms with Gasteiger partial charge >= 0.3 is 5.97 Å². The summed E-state index contributed by atoms with van der Waals surface area (Å²) < 4.78 is 4.83. The molecule has 0 spiro atoms. The van der Waals surface area contributed by atoms with Crippen LogP contribution in [0.5, 0.6) is 0 Å². The van der Waals surface area contributed by atoms with Crippen LogP contribution in [0.25, 0.3) is 0 Å². The molecule has 0 aliphatic rings. The van der Waals surface area contributed by atoms with Crippen LogP contribution in [-0.2, 0) is 16.0 Å². The third-order valence-electron chi connectivity index (χ3n) is 1.84. The maximum Gasteiger partial charge on any atom is 0.310 e. The van der Waals surface area contributed by atoms with E-state index in [1.54, 1.807) is 19.2 Å². The fourth-order valence-electron chi connectivity index (χ4n) is 1.13. The molecule has 0 amide bonds. The predicted octanol–water partition coefficient (Wildman–Crippen LogP) is 2.15. The van der Waals surface area contributed by atoms with Crippen molar-refractivity contribution in [2.75, 3.05) is 6.61 Å². The summed E-state index contributed by atoms with van der Waals surface area (Å²) >= 11 is 5.93. The lowest BCUT2D eigenvalue weighted by atomic mass is 10.1. The zero-order valence-electron chi connectivity index (χ0n) is 8.21. The Bertz CT molecular complexity index is 319. The molecule has 4 heteroatoms. The minimum absolute atomic E-state index is 0.187.